The number of benzene rings is 1. The van der Waals surface area contributed by atoms with E-state index in [0.717, 1.165) is 11.3 Å². The molecule has 1 N–H and O–H groups in total. The van der Waals surface area contributed by atoms with E-state index in [-0.39, 0.29) is 66.4 Å². The number of aromatic nitrogens is 3. The van der Waals surface area contributed by atoms with Crippen LogP contribution < -0.4 is 10.3 Å². The number of hydrogen-bond donors (Lipinski definition) is 1. The van der Waals surface area contributed by atoms with E-state index in [1.807, 2.05) is 4.90 Å². The first-order chi connectivity index (χ1) is 23.1. The predicted octanol–water partition coefficient (Wildman–Crippen LogP) is 7.14. The van der Waals surface area contributed by atoms with Crippen LogP contribution in [0, 0.1) is 6.92 Å². The molecular weight excluding hydrogens is 702 g/mol. The first-order valence-electron chi connectivity index (χ1n) is 15.3. The highest BCUT2D eigenvalue weighted by atomic mass is 35.5. The molecule has 0 saturated carbocycles. The Labute approximate surface area is 284 Å². The number of likely N-dealkylation sites (tertiary alicyclic amines) is 1. The van der Waals surface area contributed by atoms with Gasteiger partial charge in [-0.25, -0.2) is 9.78 Å². The summed E-state index contributed by atoms with van der Waals surface area (Å²) in [6.07, 6.45) is -9.71. The Morgan fingerprint density at radius 3 is 2.49 bits per heavy atom. The van der Waals surface area contributed by atoms with Gasteiger partial charge in [0.05, 0.1) is 34.1 Å². The summed E-state index contributed by atoms with van der Waals surface area (Å²) < 4.78 is 91.9. The van der Waals surface area contributed by atoms with Gasteiger partial charge in [0, 0.05) is 51.9 Å². The summed E-state index contributed by atoms with van der Waals surface area (Å²) in [5.74, 6) is -2.24. The van der Waals surface area contributed by atoms with E-state index < -0.39 is 42.5 Å². The lowest BCUT2D eigenvalue weighted by Gasteiger charge is -2.39. The molecule has 2 aliphatic rings. The van der Waals surface area contributed by atoms with Crippen LogP contribution in [0.2, 0.25) is 5.02 Å². The fourth-order valence-corrected chi connectivity index (χ4v) is 7.73. The van der Waals surface area contributed by atoms with Crippen molar-refractivity contribution < 1.29 is 45.7 Å². The number of carboxylic acid groups (broad SMARTS) is 1. The molecule has 9 nitrogen and oxygen atoms in total. The molecule has 0 bridgehead atoms. The van der Waals surface area contributed by atoms with E-state index >= 15 is 0 Å². The maximum atomic E-state index is 14.2. The number of hydrogen-bond acceptors (Lipinski definition) is 8. The number of thiophene rings is 1. The minimum atomic E-state index is -4.93. The molecule has 1 aliphatic carbocycles. The lowest BCUT2D eigenvalue weighted by molar-refractivity contribution is -0.346. The van der Waals surface area contributed by atoms with Gasteiger partial charge in [-0.15, -0.1) is 24.5 Å². The van der Waals surface area contributed by atoms with Crippen molar-refractivity contribution in [1.82, 2.24) is 19.4 Å². The average Bonchev–Trinajstić information content (AvgIpc) is 3.45. The average molecular weight is 731 g/mol. The molecule has 0 amide bonds. The molecule has 17 heteroatoms. The monoisotopic (exact) mass is 730 g/mol. The number of ether oxygens (including phenoxy) is 2. The molecule has 262 valence electrons. The summed E-state index contributed by atoms with van der Waals surface area (Å²) in [5.41, 5.74) is 1.22. The lowest BCUT2D eigenvalue weighted by Crippen LogP contribution is -2.48. The van der Waals surface area contributed by atoms with Gasteiger partial charge in [0.2, 0.25) is 5.82 Å². The topological polar surface area (TPSA) is 107 Å². The van der Waals surface area contributed by atoms with E-state index in [1.54, 1.807) is 19.1 Å². The van der Waals surface area contributed by atoms with Gasteiger partial charge in [0.15, 0.2) is 0 Å². The molecule has 49 heavy (non-hydrogen) atoms. The van der Waals surface area contributed by atoms with Crippen LogP contribution in [0.5, 0.6) is 5.75 Å². The highest BCUT2D eigenvalue weighted by Crippen LogP contribution is 2.40. The molecule has 1 fully saturated rings. The Bertz CT molecular complexity index is 1960. The number of alkyl halides is 6. The van der Waals surface area contributed by atoms with Gasteiger partial charge in [-0.05, 0) is 63.3 Å². The number of piperidine rings is 1. The molecule has 3 aromatic heterocycles. The highest BCUT2D eigenvalue weighted by Gasteiger charge is 2.40. The number of aromatic carboxylic acids is 1. The molecular formula is C32H29ClF6N4O5S. The number of pyridine rings is 1. The van der Waals surface area contributed by atoms with Gasteiger partial charge in [0.1, 0.15) is 12.4 Å². The number of halogens is 7. The standard InChI is InChI=1S/C32H29ClF6N4O5S/c1-16-12-21(27-26(40-16)23(15-49-27)29(45)46)20-13-17(33)2-5-25(20)47-11-10-43-28(44)22-14-18(3-4-24(22)41-30(43)31(34,35)36)42-8-6-19(7-9-42)48-32(37,38)39/h2,5,12-13,15,18-19H,3-4,6-11,14H2,1H3,(H,45,46)/t18-/m1/s1. The molecule has 4 aromatic rings. The van der Waals surface area contributed by atoms with Crippen molar-refractivity contribution in [3.8, 4) is 16.9 Å². The summed E-state index contributed by atoms with van der Waals surface area (Å²) in [6, 6.07) is 6.15. The van der Waals surface area contributed by atoms with E-state index in [1.165, 1.54) is 17.5 Å². The third-order valence-electron chi connectivity index (χ3n) is 8.73. The maximum absolute atomic E-state index is 14.2. The van der Waals surface area contributed by atoms with Gasteiger partial charge in [-0.1, -0.05) is 11.6 Å². The second-order valence-corrected chi connectivity index (χ2v) is 13.3. The van der Waals surface area contributed by atoms with Crippen LogP contribution in [-0.2, 0) is 30.3 Å². The Kier molecular flexibility index (Phi) is 9.69. The van der Waals surface area contributed by atoms with Gasteiger partial charge in [-0.3, -0.25) is 24.0 Å². The van der Waals surface area contributed by atoms with Crippen molar-refractivity contribution in [2.45, 2.75) is 70.3 Å². The van der Waals surface area contributed by atoms with Crippen LogP contribution in [0.1, 0.15) is 52.4 Å². The summed E-state index contributed by atoms with van der Waals surface area (Å²) in [7, 11) is 0. The summed E-state index contributed by atoms with van der Waals surface area (Å²) in [5, 5.41) is 11.4. The van der Waals surface area contributed by atoms with Crippen LogP contribution in [0.25, 0.3) is 21.3 Å². The Hall–Kier alpha value is -3.73. The van der Waals surface area contributed by atoms with E-state index in [0.29, 0.717) is 50.6 Å². The lowest BCUT2D eigenvalue weighted by atomic mass is 9.90. The zero-order chi connectivity index (χ0) is 35.2. The third-order valence-corrected chi connectivity index (χ3v) is 9.97. The van der Waals surface area contributed by atoms with Crippen molar-refractivity contribution in [2.75, 3.05) is 19.7 Å². The van der Waals surface area contributed by atoms with Gasteiger partial charge < -0.3 is 9.84 Å². The molecule has 1 aromatic carbocycles. The van der Waals surface area contributed by atoms with E-state index in [9.17, 15) is 41.0 Å². The molecule has 6 rings (SSSR count). The predicted molar refractivity (Wildman–Crippen MR) is 168 cm³/mol. The molecule has 0 unspecified atom stereocenters. The molecule has 1 saturated heterocycles. The van der Waals surface area contributed by atoms with Crippen LogP contribution >= 0.6 is 22.9 Å². The van der Waals surface area contributed by atoms with Crippen LogP contribution in [0.3, 0.4) is 0 Å². The molecule has 0 spiro atoms. The molecule has 4 heterocycles. The number of carboxylic acids is 1. The normalized spacial score (nSPS) is 17.8. The smallest absolute Gasteiger partial charge is 0.491 e. The van der Waals surface area contributed by atoms with Crippen molar-refractivity contribution in [3.63, 3.8) is 0 Å². The van der Waals surface area contributed by atoms with Crippen LogP contribution in [0.15, 0.2) is 34.4 Å². The number of nitrogens with zero attached hydrogens (tertiary/aromatic N) is 4. The summed E-state index contributed by atoms with van der Waals surface area (Å²) in [6.45, 7) is 1.44. The first-order valence-corrected chi connectivity index (χ1v) is 16.6. The van der Waals surface area contributed by atoms with E-state index in [2.05, 4.69) is 14.7 Å². The molecule has 0 radical (unpaired) electrons. The second kappa shape index (κ2) is 13.5. The van der Waals surface area contributed by atoms with Crippen molar-refractivity contribution in [1.29, 1.82) is 0 Å². The Balaban J connectivity index is 1.25. The first kappa shape index (κ1) is 35.1. The number of rotatable bonds is 8. The Morgan fingerprint density at radius 2 is 1.82 bits per heavy atom. The van der Waals surface area contributed by atoms with E-state index in [4.69, 9.17) is 16.3 Å². The minimum Gasteiger partial charge on any atom is -0.491 e. The van der Waals surface area contributed by atoms with Gasteiger partial charge in [-0.2, -0.15) is 13.2 Å². The largest absolute Gasteiger partial charge is 0.522 e. The third kappa shape index (κ3) is 7.56. The number of fused-ring (bicyclic) bond motifs is 2. The summed E-state index contributed by atoms with van der Waals surface area (Å²) in [4.78, 5) is 35.7. The van der Waals surface area contributed by atoms with Gasteiger partial charge >= 0.3 is 18.5 Å². The van der Waals surface area contributed by atoms with Gasteiger partial charge in [0.25, 0.3) is 5.56 Å². The fourth-order valence-electron chi connectivity index (χ4n) is 6.55. The quantitative estimate of drug-likeness (QED) is 0.191. The Morgan fingerprint density at radius 1 is 1.08 bits per heavy atom. The SMILES string of the molecule is Cc1cc(-c2cc(Cl)ccc2OCCn2c(C(F)(F)F)nc3c(c2=O)C[C@H](N2CCC(OC(F)(F)F)CC2)CC3)c2scc(C(=O)O)c2n1. The zero-order valence-electron chi connectivity index (χ0n) is 25.8. The maximum Gasteiger partial charge on any atom is 0.522 e. The van der Waals surface area contributed by atoms with Crippen LogP contribution in [-0.4, -0.2) is 68.7 Å². The molecule has 1 atom stereocenters. The van der Waals surface area contributed by atoms with Crippen molar-refractivity contribution in [3.05, 3.63) is 73.4 Å². The molecule has 1 aliphatic heterocycles. The van der Waals surface area contributed by atoms with Crippen LogP contribution in [0.4, 0.5) is 26.3 Å². The second-order valence-electron chi connectivity index (χ2n) is 11.9. The fraction of sp³-hybridized carbons (Fsp3) is 0.438. The summed E-state index contributed by atoms with van der Waals surface area (Å²) >= 11 is 7.47. The number of aryl methyl sites for hydroxylation is 2. The number of carbonyl (C=O) groups is 1. The zero-order valence-corrected chi connectivity index (χ0v) is 27.4. The highest BCUT2D eigenvalue weighted by molar-refractivity contribution is 7.18. The minimum absolute atomic E-state index is 0.0237. The van der Waals surface area contributed by atoms with Crippen molar-refractivity contribution in [2.24, 2.45) is 0 Å². The van der Waals surface area contributed by atoms with Crippen molar-refractivity contribution >= 4 is 39.1 Å².